The topological polar surface area (TPSA) is 50.2 Å². The Bertz CT molecular complexity index is 751. The average Bonchev–Trinajstić information content (AvgIpc) is 2.82. The highest BCUT2D eigenvalue weighted by Gasteiger charge is 2.20. The normalized spacial score (nSPS) is 21.5. The fourth-order valence-corrected chi connectivity index (χ4v) is 4.77. The summed E-state index contributed by atoms with van der Waals surface area (Å²) in [4.78, 5) is 7.05. The third kappa shape index (κ3) is 6.18. The highest BCUT2D eigenvalue weighted by molar-refractivity contribution is 5.64. The summed E-state index contributed by atoms with van der Waals surface area (Å²) in [5.74, 6) is 0.807. The lowest BCUT2D eigenvalue weighted by atomic mass is 9.97. The van der Waals surface area contributed by atoms with Gasteiger partial charge in [0.2, 0.25) is 0 Å². The van der Waals surface area contributed by atoms with Crippen molar-refractivity contribution in [2.75, 3.05) is 59.4 Å². The second-order valence-electron chi connectivity index (χ2n) is 9.86. The van der Waals surface area contributed by atoms with Crippen molar-refractivity contribution in [2.24, 2.45) is 5.92 Å². The van der Waals surface area contributed by atoms with Gasteiger partial charge in [0, 0.05) is 39.3 Å². The first-order valence-corrected chi connectivity index (χ1v) is 12.2. The van der Waals surface area contributed by atoms with E-state index in [1.54, 1.807) is 0 Å². The van der Waals surface area contributed by atoms with E-state index in [2.05, 4.69) is 52.9 Å². The monoisotopic (exact) mass is 436 g/mol. The van der Waals surface area contributed by atoms with Crippen molar-refractivity contribution in [1.29, 1.82) is 0 Å². The molecule has 0 spiro atoms. The predicted molar refractivity (Wildman–Crippen MR) is 131 cm³/mol. The van der Waals surface area contributed by atoms with E-state index in [9.17, 15) is 10.2 Å². The number of aliphatic hydroxyl groups excluding tert-OH is 2. The van der Waals surface area contributed by atoms with Crippen molar-refractivity contribution in [2.45, 2.75) is 32.0 Å². The summed E-state index contributed by atoms with van der Waals surface area (Å²) in [5.41, 5.74) is 4.21. The molecule has 2 aromatic rings. The Kier molecular flexibility index (Phi) is 7.98. The molecule has 174 valence electrons. The standard InChI is InChI=1S/C27H39N3O2/c1-21-11-13-29(14-12-21)19-26(31)24-7-3-22(4-8-24)23-5-9-25(10-6-23)27(32)20-30-17-15-28(2)16-18-30/h3-10,21,26-27,31-32H,11-20H2,1-2H3/i2-1. The molecule has 4 rings (SSSR count). The largest absolute Gasteiger partial charge is 0.387 e. The number of benzene rings is 2. The van der Waals surface area contributed by atoms with Crippen molar-refractivity contribution in [3.05, 3.63) is 59.7 Å². The van der Waals surface area contributed by atoms with Crippen LogP contribution in [0.2, 0.25) is 0 Å². The third-order valence-electron chi connectivity index (χ3n) is 7.26. The van der Waals surface area contributed by atoms with Gasteiger partial charge < -0.3 is 20.0 Å². The molecule has 0 bridgehead atoms. The van der Waals surface area contributed by atoms with Gasteiger partial charge in [0.05, 0.1) is 12.2 Å². The fourth-order valence-electron chi connectivity index (χ4n) is 4.77. The minimum absolute atomic E-state index is 0.440. The van der Waals surface area contributed by atoms with Crippen molar-refractivity contribution < 1.29 is 10.2 Å². The highest BCUT2D eigenvalue weighted by atomic mass is 16.3. The van der Waals surface area contributed by atoms with E-state index in [4.69, 9.17) is 0 Å². The van der Waals surface area contributed by atoms with Gasteiger partial charge in [0.15, 0.2) is 0 Å². The summed E-state index contributed by atoms with van der Waals surface area (Å²) in [5, 5.41) is 21.3. The molecule has 0 aromatic heterocycles. The number of hydrogen-bond acceptors (Lipinski definition) is 5. The molecule has 32 heavy (non-hydrogen) atoms. The van der Waals surface area contributed by atoms with Gasteiger partial charge in [-0.25, -0.2) is 0 Å². The Morgan fingerprint density at radius 2 is 1.09 bits per heavy atom. The van der Waals surface area contributed by atoms with E-state index in [1.165, 1.54) is 12.8 Å². The first-order valence-electron chi connectivity index (χ1n) is 12.2. The van der Waals surface area contributed by atoms with E-state index >= 15 is 0 Å². The van der Waals surface area contributed by atoms with Crippen LogP contribution in [0.5, 0.6) is 0 Å². The lowest BCUT2D eigenvalue weighted by Crippen LogP contribution is -2.45. The quantitative estimate of drug-likeness (QED) is 0.697. The SMILES string of the molecule is CC1CCN(CC(O)c2ccc(-c3ccc(C(O)CN4CCN([11CH3])CC4)cc3)cc2)CC1. The number of piperidine rings is 1. The van der Waals surface area contributed by atoms with Gasteiger partial charge in [-0.15, -0.1) is 0 Å². The van der Waals surface area contributed by atoms with Crippen LogP contribution in [-0.4, -0.2) is 84.3 Å². The van der Waals surface area contributed by atoms with Crippen LogP contribution in [0.3, 0.4) is 0 Å². The van der Waals surface area contributed by atoms with Crippen LogP contribution >= 0.6 is 0 Å². The Hall–Kier alpha value is -1.76. The first kappa shape index (κ1) is 23.4. The van der Waals surface area contributed by atoms with Gasteiger partial charge >= 0.3 is 0 Å². The first-order chi connectivity index (χ1) is 15.5. The van der Waals surface area contributed by atoms with Crippen LogP contribution in [0.25, 0.3) is 11.1 Å². The molecular formula is C27H39N3O2. The summed E-state index contributed by atoms with van der Waals surface area (Å²) >= 11 is 0. The van der Waals surface area contributed by atoms with Crippen LogP contribution in [0, 0.1) is 5.92 Å². The van der Waals surface area contributed by atoms with Gasteiger partial charge in [0.1, 0.15) is 0 Å². The van der Waals surface area contributed by atoms with Crippen LogP contribution < -0.4 is 0 Å². The number of hydrogen-bond donors (Lipinski definition) is 2. The van der Waals surface area contributed by atoms with Crippen LogP contribution in [0.15, 0.2) is 48.5 Å². The highest BCUT2D eigenvalue weighted by Crippen LogP contribution is 2.26. The van der Waals surface area contributed by atoms with E-state index in [1.807, 2.05) is 24.3 Å². The van der Waals surface area contributed by atoms with Gasteiger partial charge in [-0.1, -0.05) is 55.5 Å². The molecule has 0 aliphatic carbocycles. The van der Waals surface area contributed by atoms with Crippen LogP contribution in [0.4, 0.5) is 0 Å². The summed E-state index contributed by atoms with van der Waals surface area (Å²) < 4.78 is 0. The zero-order valence-electron chi connectivity index (χ0n) is 19.7. The molecule has 2 heterocycles. The molecule has 0 amide bonds. The minimum Gasteiger partial charge on any atom is -0.387 e. The number of aliphatic hydroxyl groups is 2. The van der Waals surface area contributed by atoms with Crippen molar-refractivity contribution >= 4 is 0 Å². The summed E-state index contributed by atoms with van der Waals surface area (Å²) in [7, 11) is 2.15. The molecule has 5 heteroatoms. The average molecular weight is 437 g/mol. The lowest BCUT2D eigenvalue weighted by Gasteiger charge is -2.33. The summed E-state index contributed by atoms with van der Waals surface area (Å²) in [6.45, 7) is 10.0. The van der Waals surface area contributed by atoms with Gasteiger partial charge in [-0.2, -0.15) is 0 Å². The molecule has 2 aliphatic rings. The van der Waals surface area contributed by atoms with Crippen molar-refractivity contribution in [3.63, 3.8) is 0 Å². The zero-order valence-corrected chi connectivity index (χ0v) is 19.7. The smallest absolute Gasteiger partial charge is 0.0916 e. The Morgan fingerprint density at radius 3 is 1.53 bits per heavy atom. The maximum atomic E-state index is 10.7. The molecule has 2 aliphatic heterocycles. The van der Waals surface area contributed by atoms with E-state index in [0.717, 1.165) is 67.4 Å². The molecule has 2 saturated heterocycles. The van der Waals surface area contributed by atoms with Crippen molar-refractivity contribution in [3.8, 4) is 11.1 Å². The number of rotatable bonds is 7. The lowest BCUT2D eigenvalue weighted by molar-refractivity contribution is 0.0805. The number of likely N-dealkylation sites (N-methyl/N-ethyl adjacent to an activating group) is 1. The van der Waals surface area contributed by atoms with Crippen molar-refractivity contribution in [1.82, 2.24) is 14.7 Å². The maximum absolute atomic E-state index is 10.7. The number of β-amino-alcohol motifs (C(OH)–C–C–N with tert-alkyl or cyclic N) is 2. The van der Waals surface area contributed by atoms with E-state index in [0.29, 0.717) is 13.1 Å². The molecule has 2 unspecified atom stereocenters. The fraction of sp³-hybridized carbons (Fsp3) is 0.556. The zero-order chi connectivity index (χ0) is 22.5. The van der Waals surface area contributed by atoms with Gasteiger partial charge in [-0.05, 0) is 61.2 Å². The summed E-state index contributed by atoms with van der Waals surface area (Å²) in [6.07, 6.45) is 1.56. The molecule has 2 fully saturated rings. The molecular weight excluding hydrogens is 397 g/mol. The van der Waals surface area contributed by atoms with Crippen LogP contribution in [-0.2, 0) is 0 Å². The second kappa shape index (κ2) is 10.9. The van der Waals surface area contributed by atoms with Crippen LogP contribution in [0.1, 0.15) is 43.1 Å². The molecule has 0 radical (unpaired) electrons. The molecule has 0 saturated carbocycles. The second-order valence-corrected chi connectivity index (χ2v) is 9.86. The minimum atomic E-state index is -0.456. The van der Waals surface area contributed by atoms with Gasteiger partial charge in [-0.3, -0.25) is 4.90 Å². The predicted octanol–water partition coefficient (Wildman–Crippen LogP) is 3.40. The molecule has 5 nitrogen and oxygen atoms in total. The van der Waals surface area contributed by atoms with E-state index in [-0.39, 0.29) is 0 Å². The summed E-state index contributed by atoms with van der Waals surface area (Å²) in [6, 6.07) is 16.5. The number of nitrogens with zero attached hydrogens (tertiary/aromatic N) is 3. The molecule has 2 atom stereocenters. The Labute approximate surface area is 193 Å². The van der Waals surface area contributed by atoms with E-state index < -0.39 is 12.2 Å². The molecule has 2 N–H and O–H groups in total. The Morgan fingerprint density at radius 1 is 0.688 bits per heavy atom. The maximum Gasteiger partial charge on any atom is 0.0916 e. The third-order valence-corrected chi connectivity index (χ3v) is 7.26. The van der Waals surface area contributed by atoms with Gasteiger partial charge in [0.25, 0.3) is 0 Å². The number of likely N-dealkylation sites (tertiary alicyclic amines) is 1. The Balaban J connectivity index is 1.31. The number of piperazine rings is 1. The molecule has 2 aromatic carbocycles.